The number of hydrogen-bond acceptors (Lipinski definition) is 5. The molecule has 1 aliphatic heterocycles. The van der Waals surface area contributed by atoms with Crippen molar-refractivity contribution in [2.75, 3.05) is 32.8 Å². The van der Waals surface area contributed by atoms with Crippen molar-refractivity contribution in [2.45, 2.75) is 6.54 Å². The Morgan fingerprint density at radius 1 is 1.00 bits per heavy atom. The number of methoxy groups -OCH3 is 2. The van der Waals surface area contributed by atoms with Crippen LogP contribution in [0, 0.1) is 0 Å². The smallest absolute Gasteiger partial charge is 0.163 e. The molecule has 2 aromatic rings. The van der Waals surface area contributed by atoms with E-state index in [1.54, 1.807) is 14.2 Å². The molecule has 122 valence electrons. The Bertz CT molecular complexity index is 705. The number of fused-ring (bicyclic) bond motifs is 1. The summed E-state index contributed by atoms with van der Waals surface area (Å²) in [5, 5.41) is 3.38. The normalized spacial score (nSPS) is 12.7. The topological polar surface area (TPSA) is 49.0 Å². The lowest BCUT2D eigenvalue weighted by atomic mass is 10.2. The molecule has 23 heavy (non-hydrogen) atoms. The summed E-state index contributed by atoms with van der Waals surface area (Å²) < 4.78 is 22.7. The minimum Gasteiger partial charge on any atom is -0.493 e. The van der Waals surface area contributed by atoms with E-state index in [9.17, 15) is 0 Å². The van der Waals surface area contributed by atoms with Crippen LogP contribution in [-0.4, -0.2) is 27.4 Å². The first kappa shape index (κ1) is 15.8. The molecular formula is C17H18BrNO4. The van der Waals surface area contributed by atoms with Crippen molar-refractivity contribution < 1.29 is 18.9 Å². The quantitative estimate of drug-likeness (QED) is 0.854. The molecule has 0 saturated carbocycles. The third-order valence-corrected chi connectivity index (χ3v) is 4.32. The molecule has 5 nitrogen and oxygen atoms in total. The van der Waals surface area contributed by atoms with E-state index < -0.39 is 0 Å². The average molecular weight is 380 g/mol. The minimum atomic E-state index is 0.581. The number of halogens is 1. The zero-order valence-corrected chi connectivity index (χ0v) is 14.6. The highest BCUT2D eigenvalue weighted by Gasteiger charge is 2.13. The van der Waals surface area contributed by atoms with Crippen molar-refractivity contribution in [3.8, 4) is 23.0 Å². The van der Waals surface area contributed by atoms with Gasteiger partial charge in [-0.25, -0.2) is 0 Å². The Labute approximate surface area is 143 Å². The molecule has 0 fully saturated rings. The molecule has 2 aromatic carbocycles. The molecule has 0 aliphatic carbocycles. The second kappa shape index (κ2) is 7.00. The molecular weight excluding hydrogens is 362 g/mol. The fraction of sp³-hybridized carbons (Fsp3) is 0.294. The maximum Gasteiger partial charge on any atom is 0.163 e. The summed E-state index contributed by atoms with van der Waals surface area (Å²) >= 11 is 3.56. The van der Waals surface area contributed by atoms with Crippen molar-refractivity contribution in [3.05, 3.63) is 40.4 Å². The van der Waals surface area contributed by atoms with Crippen LogP contribution in [0.5, 0.6) is 23.0 Å². The van der Waals surface area contributed by atoms with Crippen LogP contribution < -0.4 is 24.3 Å². The third-order valence-electron chi connectivity index (χ3n) is 3.58. The van der Waals surface area contributed by atoms with Gasteiger partial charge in [-0.3, -0.25) is 0 Å². The first-order chi connectivity index (χ1) is 11.2. The van der Waals surface area contributed by atoms with Crippen molar-refractivity contribution in [1.29, 1.82) is 0 Å². The third kappa shape index (κ3) is 3.47. The monoisotopic (exact) mass is 379 g/mol. The van der Waals surface area contributed by atoms with Gasteiger partial charge in [-0.15, -0.1) is 0 Å². The summed E-state index contributed by atoms with van der Waals surface area (Å²) in [5.41, 5.74) is 2.04. The Hall–Kier alpha value is -2.08. The van der Waals surface area contributed by atoms with E-state index in [-0.39, 0.29) is 0 Å². The van der Waals surface area contributed by atoms with E-state index in [1.165, 1.54) is 0 Å². The first-order valence-corrected chi connectivity index (χ1v) is 8.04. The van der Waals surface area contributed by atoms with Gasteiger partial charge < -0.3 is 24.3 Å². The van der Waals surface area contributed by atoms with Gasteiger partial charge in [0.25, 0.3) is 0 Å². The number of ether oxygens (including phenoxy) is 4. The zero-order chi connectivity index (χ0) is 16.2. The van der Waals surface area contributed by atoms with Gasteiger partial charge in [0.05, 0.1) is 14.2 Å². The van der Waals surface area contributed by atoms with Gasteiger partial charge in [0, 0.05) is 22.8 Å². The predicted octanol–water partition coefficient (Wildman–Crippen LogP) is 3.85. The zero-order valence-electron chi connectivity index (χ0n) is 13.0. The molecule has 1 heterocycles. The van der Waals surface area contributed by atoms with Crippen molar-refractivity contribution in [2.24, 2.45) is 0 Å². The lowest BCUT2D eigenvalue weighted by Crippen LogP contribution is -2.15. The van der Waals surface area contributed by atoms with Crippen LogP contribution in [-0.2, 0) is 6.54 Å². The summed E-state index contributed by atoms with van der Waals surface area (Å²) in [7, 11) is 3.25. The molecule has 0 amide bonds. The van der Waals surface area contributed by atoms with Gasteiger partial charge in [-0.1, -0.05) is 15.9 Å². The summed E-state index contributed by atoms with van der Waals surface area (Å²) in [5.74, 6) is 2.96. The maximum atomic E-state index is 5.60. The molecule has 0 spiro atoms. The van der Waals surface area contributed by atoms with Crippen LogP contribution >= 0.6 is 15.9 Å². The van der Waals surface area contributed by atoms with Gasteiger partial charge >= 0.3 is 0 Å². The van der Waals surface area contributed by atoms with Crippen LogP contribution in [0.2, 0.25) is 0 Å². The first-order valence-electron chi connectivity index (χ1n) is 7.25. The summed E-state index contributed by atoms with van der Waals surface area (Å²) in [6.07, 6.45) is 0. The lowest BCUT2D eigenvalue weighted by Gasteiger charge is -2.19. The van der Waals surface area contributed by atoms with Gasteiger partial charge in [0.1, 0.15) is 13.2 Å². The fourth-order valence-electron chi connectivity index (χ4n) is 2.38. The van der Waals surface area contributed by atoms with E-state index in [0.29, 0.717) is 31.3 Å². The second-order valence-corrected chi connectivity index (χ2v) is 5.86. The van der Waals surface area contributed by atoms with Crippen LogP contribution in [0.15, 0.2) is 34.8 Å². The molecule has 0 bridgehead atoms. The highest BCUT2D eigenvalue weighted by molar-refractivity contribution is 9.10. The maximum absolute atomic E-state index is 5.60. The molecule has 1 N–H and O–H groups in total. The van der Waals surface area contributed by atoms with Crippen LogP contribution in [0.1, 0.15) is 5.56 Å². The van der Waals surface area contributed by atoms with Crippen LogP contribution in [0.25, 0.3) is 0 Å². The van der Waals surface area contributed by atoms with Crippen LogP contribution in [0.4, 0.5) is 5.69 Å². The Morgan fingerprint density at radius 3 is 2.43 bits per heavy atom. The van der Waals surface area contributed by atoms with Crippen molar-refractivity contribution >= 4 is 21.6 Å². The second-order valence-electron chi connectivity index (χ2n) is 5.01. The minimum absolute atomic E-state index is 0.581. The summed E-state index contributed by atoms with van der Waals surface area (Å²) in [6.45, 7) is 1.82. The molecule has 1 aliphatic rings. The molecule has 0 atom stereocenters. The highest BCUT2D eigenvalue weighted by Crippen LogP contribution is 2.35. The average Bonchev–Trinajstić information content (AvgIpc) is 2.60. The number of anilines is 1. The predicted molar refractivity (Wildman–Crippen MR) is 92.0 cm³/mol. The molecule has 6 heteroatoms. The van der Waals surface area contributed by atoms with Crippen molar-refractivity contribution in [1.82, 2.24) is 0 Å². The van der Waals surface area contributed by atoms with E-state index in [0.717, 1.165) is 27.2 Å². The number of nitrogens with one attached hydrogen (secondary N) is 1. The Balaban J connectivity index is 1.75. The number of benzene rings is 2. The number of hydrogen-bond donors (Lipinski definition) is 1. The highest BCUT2D eigenvalue weighted by atomic mass is 79.9. The van der Waals surface area contributed by atoms with E-state index in [1.807, 2.05) is 30.3 Å². The fourth-order valence-corrected chi connectivity index (χ4v) is 2.84. The van der Waals surface area contributed by atoms with Gasteiger partial charge in [-0.05, 0) is 29.8 Å². The largest absolute Gasteiger partial charge is 0.493 e. The van der Waals surface area contributed by atoms with E-state index in [2.05, 4.69) is 21.2 Å². The van der Waals surface area contributed by atoms with Gasteiger partial charge in [-0.2, -0.15) is 0 Å². The van der Waals surface area contributed by atoms with E-state index in [4.69, 9.17) is 18.9 Å². The summed E-state index contributed by atoms with van der Waals surface area (Å²) in [6, 6.07) is 9.69. The summed E-state index contributed by atoms with van der Waals surface area (Å²) in [4.78, 5) is 0. The van der Waals surface area contributed by atoms with Crippen LogP contribution in [0.3, 0.4) is 0 Å². The molecule has 0 unspecified atom stereocenters. The van der Waals surface area contributed by atoms with Gasteiger partial charge in [0.2, 0.25) is 0 Å². The standard InChI is InChI=1S/C17H18BrNO4/c1-20-15-7-11(13(18)9-16(15)21-2)10-19-12-3-4-14-17(8-12)23-6-5-22-14/h3-4,7-9,19H,5-6,10H2,1-2H3. The SMILES string of the molecule is COc1cc(Br)c(CNc2ccc3c(c2)OCCO3)cc1OC. The molecule has 0 aromatic heterocycles. The van der Waals surface area contributed by atoms with E-state index >= 15 is 0 Å². The molecule has 0 radical (unpaired) electrons. The molecule has 3 rings (SSSR count). The number of rotatable bonds is 5. The lowest BCUT2D eigenvalue weighted by molar-refractivity contribution is 0.171. The molecule has 0 saturated heterocycles. The Kier molecular flexibility index (Phi) is 4.81. The van der Waals surface area contributed by atoms with Crippen molar-refractivity contribution in [3.63, 3.8) is 0 Å². The Morgan fingerprint density at radius 2 is 1.70 bits per heavy atom. The van der Waals surface area contributed by atoms with Gasteiger partial charge in [0.15, 0.2) is 23.0 Å².